The Bertz CT molecular complexity index is 4770. The van der Waals surface area contributed by atoms with Gasteiger partial charge in [-0.1, -0.05) is 77.9 Å². The van der Waals surface area contributed by atoms with E-state index in [9.17, 15) is 62.3 Å². The van der Waals surface area contributed by atoms with Gasteiger partial charge in [-0.25, -0.2) is 72.3 Å². The predicted octanol–water partition coefficient (Wildman–Crippen LogP) is 18.6. The zero-order valence-corrected chi connectivity index (χ0v) is 53.8. The van der Waals surface area contributed by atoms with Gasteiger partial charge < -0.3 is 47.2 Å². The number of aromatic nitrogens is 2. The third-order valence-electron chi connectivity index (χ3n) is 14.8. The fraction of sp³-hybridized carbons (Fsp3) is 0.167. The van der Waals surface area contributed by atoms with Crippen molar-refractivity contribution in [3.8, 4) is 46.3 Å². The molecule has 12 rings (SSSR count). The van der Waals surface area contributed by atoms with Crippen molar-refractivity contribution >= 4 is 45.3 Å². The van der Waals surface area contributed by atoms with Crippen LogP contribution in [0.3, 0.4) is 0 Å². The summed E-state index contributed by atoms with van der Waals surface area (Å²) in [5.74, 6) is -20.5. The Morgan fingerprint density at radius 3 is 0.970 bits per heavy atom. The number of ether oxygens (including phenoxy) is 6. The zero-order valence-electron chi connectivity index (χ0n) is 52.8. The Labute approximate surface area is 564 Å². The third kappa shape index (κ3) is 15.6. The fourth-order valence-electron chi connectivity index (χ4n) is 10.1. The van der Waals surface area contributed by atoms with Crippen LogP contribution in [0.25, 0.3) is 33.5 Å². The molecule has 0 spiro atoms. The van der Waals surface area contributed by atoms with Gasteiger partial charge in [0.2, 0.25) is 23.3 Å². The van der Waals surface area contributed by atoms with Gasteiger partial charge >= 0.3 is 28.0 Å². The molecular weight excluding hydrogens is 1370 g/mol. The summed E-state index contributed by atoms with van der Waals surface area (Å²) in [6.45, 7) is 14.5. The first kappa shape index (κ1) is 70.9. The van der Waals surface area contributed by atoms with E-state index in [1.807, 2.05) is 55.4 Å². The minimum Gasteiger partial charge on any atom is -0.624 e. The topological polar surface area (TPSA) is 169 Å². The first-order chi connectivity index (χ1) is 46.5. The minimum atomic E-state index is -1.30. The van der Waals surface area contributed by atoms with Crippen LogP contribution in [-0.2, 0) is 16.8 Å². The van der Waals surface area contributed by atoms with Gasteiger partial charge in [0.05, 0.1) is 0 Å². The molecule has 0 N–H and O–H groups in total. The average Bonchev–Trinajstić information content (AvgIpc) is 1.64. The molecule has 511 valence electrons. The second-order valence-electron chi connectivity index (χ2n) is 23.2. The van der Waals surface area contributed by atoms with E-state index < -0.39 is 104 Å². The number of benzene rings is 6. The van der Waals surface area contributed by atoms with Crippen molar-refractivity contribution in [1.29, 1.82) is 0 Å². The summed E-state index contributed by atoms with van der Waals surface area (Å²) >= 11 is 0. The quantitative estimate of drug-likeness (QED) is 0.0511. The van der Waals surface area contributed by atoms with Crippen LogP contribution in [0.1, 0.15) is 89.7 Å². The third-order valence-corrected chi connectivity index (χ3v) is 14.8. The van der Waals surface area contributed by atoms with Gasteiger partial charge in [-0.05, 0) is 83.3 Å². The molecule has 1 radical (unpaired) electrons. The van der Waals surface area contributed by atoms with Crippen LogP contribution in [0.15, 0.2) is 184 Å². The Balaban J connectivity index is 0.000000212. The van der Waals surface area contributed by atoms with E-state index in [0.717, 1.165) is 0 Å². The summed E-state index contributed by atoms with van der Waals surface area (Å²) in [7, 11) is 0. The molecule has 6 aromatic carbocycles. The van der Waals surface area contributed by atoms with Crippen LogP contribution >= 0.6 is 0 Å². The molecule has 0 aliphatic carbocycles. The fourth-order valence-corrected chi connectivity index (χ4v) is 10.1. The number of fused-ring (bicyclic) bond motifs is 2. The number of hydrogen-bond donors (Lipinski definition) is 0. The van der Waals surface area contributed by atoms with Crippen molar-refractivity contribution in [3.05, 3.63) is 269 Å². The molecule has 0 saturated heterocycles. The Morgan fingerprint density at radius 1 is 0.384 bits per heavy atom. The van der Waals surface area contributed by atoms with Gasteiger partial charge in [0, 0.05) is 107 Å². The minimum absolute atomic E-state index is 0. The predicted molar refractivity (Wildman–Crippen MR) is 335 cm³/mol. The number of halogens is 12. The number of nitrogens with zero attached hydrogens (tertiary/aromatic N) is 4. The summed E-state index contributed by atoms with van der Waals surface area (Å²) < 4.78 is 216. The first-order valence-corrected chi connectivity index (χ1v) is 29.7. The first-order valence-electron chi connectivity index (χ1n) is 29.7. The average molecular weight is 1420 g/mol. The van der Waals surface area contributed by atoms with Gasteiger partial charge in [0.25, 0.3) is 0 Å². The van der Waals surface area contributed by atoms with Crippen LogP contribution in [0, 0.1) is 81.6 Å². The van der Waals surface area contributed by atoms with E-state index in [1.165, 1.54) is 48.6 Å². The Hall–Kier alpha value is -10.9. The largest absolute Gasteiger partial charge is 2.00 e. The summed E-state index contributed by atoms with van der Waals surface area (Å²) in [4.78, 5) is 41.8. The van der Waals surface area contributed by atoms with E-state index in [1.54, 1.807) is 36.4 Å². The van der Waals surface area contributed by atoms with Crippen molar-refractivity contribution in [1.82, 2.24) is 9.97 Å². The van der Waals surface area contributed by atoms with Crippen molar-refractivity contribution < 1.29 is 107 Å². The molecule has 6 heterocycles. The molecule has 14 nitrogen and oxygen atoms in total. The molecule has 10 aromatic rings. The SMILES string of the molecule is CC(C)C1=CC(Oc2c(F)cc(F)cc2F)=N/C1=C(/Oc1ccc2ccc(=O)oc2c1)c1[n-]c(Oc2c(F)cc(F)cc2F)cc1C(C)C.CC(C)C1=CC(Oc2c(F)cc(F)cc2F)=N/C1=C(/Oc1ccc2ccc(=O)oc2c1)c1[n-]c(Oc2c(F)cc(F)cc2F)cc1C(C)C.[Co+2]. The maximum Gasteiger partial charge on any atom is 2.00 e. The molecule has 2 aliphatic heterocycles. The zero-order chi connectivity index (χ0) is 70.3. The molecular formula is C72H50CoF12N4O10. The summed E-state index contributed by atoms with van der Waals surface area (Å²) in [6.07, 6.45) is 2.84. The van der Waals surface area contributed by atoms with E-state index >= 15 is 0 Å². The second-order valence-corrected chi connectivity index (χ2v) is 23.2. The van der Waals surface area contributed by atoms with Crippen molar-refractivity contribution in [2.45, 2.75) is 67.2 Å². The van der Waals surface area contributed by atoms with E-state index in [4.69, 9.17) is 37.3 Å². The number of allylic oxidation sites excluding steroid dienone is 2. The monoisotopic (exact) mass is 1420 g/mol. The van der Waals surface area contributed by atoms with E-state index in [2.05, 4.69) is 20.0 Å². The number of aliphatic imine (C=N–C) groups is 2. The van der Waals surface area contributed by atoms with Gasteiger partial charge in [0.15, 0.2) is 58.0 Å². The maximum absolute atomic E-state index is 14.5. The molecule has 0 saturated carbocycles. The normalized spacial score (nSPS) is 13.9. The van der Waals surface area contributed by atoms with Gasteiger partial charge in [-0.3, -0.25) is 0 Å². The Kier molecular flexibility index (Phi) is 20.8. The summed E-state index contributed by atoms with van der Waals surface area (Å²) in [5.41, 5.74) is 1.49. The number of hydrogen-bond acceptors (Lipinski definition) is 12. The van der Waals surface area contributed by atoms with E-state index in [-0.39, 0.29) is 121 Å². The maximum atomic E-state index is 14.5. The molecule has 4 aromatic heterocycles. The number of rotatable bonds is 16. The smallest absolute Gasteiger partial charge is 0.624 e. The van der Waals surface area contributed by atoms with Crippen LogP contribution < -0.4 is 49.6 Å². The van der Waals surface area contributed by atoms with Crippen molar-refractivity contribution in [3.63, 3.8) is 0 Å². The molecule has 99 heavy (non-hydrogen) atoms. The van der Waals surface area contributed by atoms with Crippen LogP contribution in [0.4, 0.5) is 52.7 Å². The molecule has 0 atom stereocenters. The van der Waals surface area contributed by atoms with Crippen LogP contribution in [0.2, 0.25) is 0 Å². The molecule has 0 amide bonds. The molecule has 0 fully saturated rings. The second kappa shape index (κ2) is 29.0. The van der Waals surface area contributed by atoms with Crippen molar-refractivity contribution in [2.24, 2.45) is 21.8 Å². The van der Waals surface area contributed by atoms with Crippen LogP contribution in [0.5, 0.6) is 46.3 Å². The standard InChI is InChI=1S/2C36H25F6N2O5.Co/c2*1-16(2)22-14-29(48-34-24(39)9-19(37)10-25(34)40)43-32(22)36(46-21-7-5-18-6-8-31(45)47-28(18)13-21)33-23(17(3)4)15-30(44-33)49-35-26(41)11-20(38)12-27(35)42;/h2*5-17H,1-4H3;/q2*-1;+2. The van der Waals surface area contributed by atoms with Gasteiger partial charge in [-0.15, -0.1) is 0 Å². The summed E-state index contributed by atoms with van der Waals surface area (Å²) in [5, 5.41) is 1.19. The van der Waals surface area contributed by atoms with Gasteiger partial charge in [0.1, 0.15) is 68.8 Å². The summed E-state index contributed by atoms with van der Waals surface area (Å²) in [6, 6.07) is 21.5. The molecule has 0 bridgehead atoms. The van der Waals surface area contributed by atoms with Crippen LogP contribution in [-0.4, -0.2) is 11.8 Å². The molecule has 2 aliphatic rings. The van der Waals surface area contributed by atoms with E-state index in [0.29, 0.717) is 81.6 Å². The van der Waals surface area contributed by atoms with Gasteiger partial charge in [-0.2, -0.15) is 0 Å². The molecule has 27 heteroatoms. The Morgan fingerprint density at radius 2 is 0.677 bits per heavy atom. The molecule has 0 unspecified atom stereocenters. The van der Waals surface area contributed by atoms with Crippen molar-refractivity contribution in [2.75, 3.05) is 0 Å².